The minimum atomic E-state index is -0.469. The molecule has 8 nitrogen and oxygen atoms in total. The zero-order valence-corrected chi connectivity index (χ0v) is 15.7. The lowest BCUT2D eigenvalue weighted by Crippen LogP contribution is -2.23. The van der Waals surface area contributed by atoms with E-state index in [0.717, 1.165) is 0 Å². The number of esters is 1. The van der Waals surface area contributed by atoms with Gasteiger partial charge in [-0.3, -0.25) is 19.0 Å². The molecule has 29 heavy (non-hydrogen) atoms. The molecule has 0 saturated carbocycles. The zero-order chi connectivity index (χ0) is 20.4. The summed E-state index contributed by atoms with van der Waals surface area (Å²) in [6, 6.07) is 14.0. The van der Waals surface area contributed by atoms with E-state index in [0.29, 0.717) is 27.6 Å². The number of hydrogen-bond acceptors (Lipinski definition) is 6. The van der Waals surface area contributed by atoms with Gasteiger partial charge in [-0.25, -0.2) is 9.97 Å². The van der Waals surface area contributed by atoms with Gasteiger partial charge in [-0.15, -0.1) is 0 Å². The van der Waals surface area contributed by atoms with Crippen LogP contribution >= 0.6 is 0 Å². The van der Waals surface area contributed by atoms with E-state index >= 15 is 0 Å². The van der Waals surface area contributed by atoms with Crippen LogP contribution in [0.25, 0.3) is 21.8 Å². The molecule has 0 aliphatic carbocycles. The van der Waals surface area contributed by atoms with Gasteiger partial charge in [0.15, 0.2) is 0 Å². The highest BCUT2D eigenvalue weighted by molar-refractivity contribution is 5.78. The number of nitrogens with zero attached hydrogens (tertiary/aromatic N) is 3. The lowest BCUT2D eigenvalue weighted by atomic mass is 10.2. The summed E-state index contributed by atoms with van der Waals surface area (Å²) in [4.78, 5) is 48.0. The van der Waals surface area contributed by atoms with E-state index in [2.05, 4.69) is 15.0 Å². The van der Waals surface area contributed by atoms with Crippen LogP contribution in [0.4, 0.5) is 0 Å². The molecule has 0 saturated heterocycles. The van der Waals surface area contributed by atoms with Crippen molar-refractivity contribution in [3.63, 3.8) is 0 Å². The zero-order valence-electron chi connectivity index (χ0n) is 15.7. The Morgan fingerprint density at radius 1 is 1.00 bits per heavy atom. The second-order valence-electron chi connectivity index (χ2n) is 6.60. The largest absolute Gasteiger partial charge is 0.458 e. The van der Waals surface area contributed by atoms with Gasteiger partial charge in [-0.2, -0.15) is 0 Å². The molecule has 1 N–H and O–H groups in total. The van der Waals surface area contributed by atoms with Crippen molar-refractivity contribution in [2.75, 3.05) is 0 Å². The van der Waals surface area contributed by atoms with Crippen LogP contribution in [0.3, 0.4) is 0 Å². The average molecular weight is 390 g/mol. The lowest BCUT2D eigenvalue weighted by molar-refractivity contribution is -0.145. The predicted octanol–water partition coefficient (Wildman–Crippen LogP) is 1.85. The molecular weight excluding hydrogens is 372 g/mol. The van der Waals surface area contributed by atoms with Crippen LogP contribution in [0.1, 0.15) is 18.1 Å². The number of fused-ring (bicyclic) bond motifs is 2. The summed E-state index contributed by atoms with van der Waals surface area (Å²) in [5.74, 6) is 0.310. The number of carbonyl (C=O) groups excluding carboxylic acids is 1. The third-order valence-electron chi connectivity index (χ3n) is 4.66. The first kappa shape index (κ1) is 18.5. The first-order chi connectivity index (χ1) is 14.0. The summed E-state index contributed by atoms with van der Waals surface area (Å²) in [6.07, 6.45) is 0.313. The molecule has 2 aromatic carbocycles. The monoisotopic (exact) mass is 390 g/mol. The van der Waals surface area contributed by atoms with E-state index in [4.69, 9.17) is 4.74 Å². The van der Waals surface area contributed by atoms with Gasteiger partial charge in [-0.05, 0) is 24.3 Å². The fraction of sp³-hybridized carbons (Fsp3) is 0.190. The molecule has 0 bridgehead atoms. The molecule has 4 aromatic rings. The summed E-state index contributed by atoms with van der Waals surface area (Å²) in [6.45, 7) is -0.136. The van der Waals surface area contributed by atoms with Crippen LogP contribution in [0.2, 0.25) is 0 Å². The molecule has 0 fully saturated rings. The van der Waals surface area contributed by atoms with Crippen molar-refractivity contribution in [3.05, 3.63) is 80.9 Å². The molecule has 0 amide bonds. The Kier molecular flexibility index (Phi) is 4.90. The van der Waals surface area contributed by atoms with Gasteiger partial charge in [0, 0.05) is 13.5 Å². The van der Waals surface area contributed by atoms with Gasteiger partial charge in [0.1, 0.15) is 18.3 Å². The predicted molar refractivity (Wildman–Crippen MR) is 107 cm³/mol. The van der Waals surface area contributed by atoms with E-state index < -0.39 is 5.97 Å². The molecule has 146 valence electrons. The number of carbonyl (C=O) groups is 1. The van der Waals surface area contributed by atoms with Gasteiger partial charge in [0.2, 0.25) is 0 Å². The van der Waals surface area contributed by atoms with Gasteiger partial charge >= 0.3 is 5.97 Å². The van der Waals surface area contributed by atoms with E-state index in [1.165, 1.54) is 4.57 Å². The number of rotatable bonds is 5. The third kappa shape index (κ3) is 3.77. The van der Waals surface area contributed by atoms with Crippen molar-refractivity contribution in [1.82, 2.24) is 19.5 Å². The number of nitrogens with one attached hydrogen (secondary N) is 1. The number of ether oxygens (including phenoxy) is 1. The van der Waals surface area contributed by atoms with Crippen molar-refractivity contribution in [3.8, 4) is 0 Å². The standard InChI is InChI=1S/C21H18N4O4/c1-25-18(23-16-9-5-3-7-14(16)21(25)28)10-11-19(26)29-12-17-22-15-8-4-2-6-13(15)20(27)24-17/h2-9H,10-12H2,1H3,(H,22,24,27). The average Bonchev–Trinajstić information content (AvgIpc) is 2.74. The van der Waals surface area contributed by atoms with Crippen LogP contribution in [0.5, 0.6) is 0 Å². The van der Waals surface area contributed by atoms with Crippen LogP contribution in [0.15, 0.2) is 58.1 Å². The number of hydrogen-bond donors (Lipinski definition) is 1. The Labute approximate surface area is 164 Å². The van der Waals surface area contributed by atoms with Crippen LogP contribution in [-0.2, 0) is 29.6 Å². The smallest absolute Gasteiger partial charge is 0.306 e. The topological polar surface area (TPSA) is 107 Å². The Balaban J connectivity index is 1.43. The van der Waals surface area contributed by atoms with Crippen molar-refractivity contribution >= 4 is 27.8 Å². The first-order valence-electron chi connectivity index (χ1n) is 9.11. The first-order valence-corrected chi connectivity index (χ1v) is 9.11. The lowest BCUT2D eigenvalue weighted by Gasteiger charge is -2.09. The molecule has 2 heterocycles. The molecule has 0 radical (unpaired) electrons. The molecule has 0 spiro atoms. The van der Waals surface area contributed by atoms with E-state index in [-0.39, 0.29) is 36.4 Å². The van der Waals surface area contributed by atoms with Gasteiger partial charge in [0.25, 0.3) is 11.1 Å². The number of H-pyrrole nitrogens is 1. The maximum absolute atomic E-state index is 12.4. The fourth-order valence-electron chi connectivity index (χ4n) is 3.13. The fourth-order valence-corrected chi connectivity index (χ4v) is 3.13. The van der Waals surface area contributed by atoms with E-state index in [1.807, 2.05) is 6.07 Å². The molecule has 0 aliphatic rings. The summed E-state index contributed by atoms with van der Waals surface area (Å²) < 4.78 is 6.67. The normalized spacial score (nSPS) is 11.1. The molecule has 0 unspecified atom stereocenters. The second kappa shape index (κ2) is 7.67. The Morgan fingerprint density at radius 3 is 2.41 bits per heavy atom. The van der Waals surface area contributed by atoms with Crippen LogP contribution in [0, 0.1) is 0 Å². The highest BCUT2D eigenvalue weighted by Crippen LogP contribution is 2.09. The van der Waals surface area contributed by atoms with Crippen molar-refractivity contribution in [1.29, 1.82) is 0 Å². The Morgan fingerprint density at radius 2 is 1.66 bits per heavy atom. The molecule has 0 aliphatic heterocycles. The minimum absolute atomic E-state index is 0.0520. The van der Waals surface area contributed by atoms with E-state index in [9.17, 15) is 14.4 Å². The van der Waals surface area contributed by atoms with Crippen molar-refractivity contribution in [2.24, 2.45) is 7.05 Å². The van der Waals surface area contributed by atoms with E-state index in [1.54, 1.807) is 49.5 Å². The quantitative estimate of drug-likeness (QED) is 0.521. The van der Waals surface area contributed by atoms with Gasteiger partial charge in [0.05, 0.1) is 28.2 Å². The highest BCUT2D eigenvalue weighted by atomic mass is 16.5. The maximum Gasteiger partial charge on any atom is 0.306 e. The van der Waals surface area contributed by atoms with Gasteiger partial charge < -0.3 is 9.72 Å². The molecule has 4 rings (SSSR count). The minimum Gasteiger partial charge on any atom is -0.458 e. The molecule has 8 heteroatoms. The maximum atomic E-state index is 12.4. The Hall–Kier alpha value is -3.81. The highest BCUT2D eigenvalue weighted by Gasteiger charge is 2.12. The van der Waals surface area contributed by atoms with Crippen LogP contribution < -0.4 is 11.1 Å². The summed E-state index contributed by atoms with van der Waals surface area (Å²) in [5.41, 5.74) is 0.698. The number of aryl methyl sites for hydroxylation is 1. The third-order valence-corrected chi connectivity index (χ3v) is 4.66. The van der Waals surface area contributed by atoms with Gasteiger partial charge in [-0.1, -0.05) is 24.3 Å². The number of para-hydroxylation sites is 2. The second-order valence-corrected chi connectivity index (χ2v) is 6.60. The number of aromatic amines is 1. The summed E-state index contributed by atoms with van der Waals surface area (Å²) in [5, 5.41) is 1.01. The van der Waals surface area contributed by atoms with Crippen molar-refractivity contribution < 1.29 is 9.53 Å². The molecule has 2 aromatic heterocycles. The SMILES string of the molecule is Cn1c(CCC(=O)OCc2nc3ccccc3c(=O)[nH]2)nc2ccccc2c1=O. The summed E-state index contributed by atoms with van der Waals surface area (Å²) in [7, 11) is 1.63. The molecule has 0 atom stereocenters. The van der Waals surface area contributed by atoms with Crippen molar-refractivity contribution in [2.45, 2.75) is 19.4 Å². The number of aromatic nitrogens is 4. The summed E-state index contributed by atoms with van der Waals surface area (Å²) >= 11 is 0. The Bertz CT molecular complexity index is 1340. The molecular formula is C21H18N4O4. The van der Waals surface area contributed by atoms with Crippen LogP contribution in [-0.4, -0.2) is 25.5 Å². The number of benzene rings is 2.